The van der Waals surface area contributed by atoms with Crippen molar-refractivity contribution in [1.82, 2.24) is 9.80 Å². The highest BCUT2D eigenvalue weighted by Crippen LogP contribution is 2.24. The lowest BCUT2D eigenvalue weighted by Gasteiger charge is -2.27. The minimum Gasteiger partial charge on any atom is -0.387 e. The Balaban J connectivity index is 1.66. The van der Waals surface area contributed by atoms with E-state index >= 15 is 0 Å². The maximum Gasteiger partial charge on any atom is 0.129 e. The van der Waals surface area contributed by atoms with Crippen molar-refractivity contribution in [2.45, 2.75) is 31.4 Å². The zero-order chi connectivity index (χ0) is 14.8. The van der Waals surface area contributed by atoms with Gasteiger partial charge in [0.1, 0.15) is 11.6 Å². The third-order valence-electron chi connectivity index (χ3n) is 4.64. The van der Waals surface area contributed by atoms with Crippen molar-refractivity contribution in [3.63, 3.8) is 0 Å². The Hall–Kier alpha value is -1.04. The summed E-state index contributed by atoms with van der Waals surface area (Å²) in [7, 11) is 0. The maximum atomic E-state index is 13.7. The Kier molecular flexibility index (Phi) is 4.52. The fourth-order valence-electron chi connectivity index (χ4n) is 3.56. The summed E-state index contributed by atoms with van der Waals surface area (Å²) in [6, 6.07) is 3.81. The SMILES string of the molecule is O[C@@H](CN1CCCN2CCC[C@H]2C1)c1cc(F)ccc1F. The Morgan fingerprint density at radius 3 is 2.86 bits per heavy atom. The molecule has 0 aliphatic carbocycles. The lowest BCUT2D eigenvalue weighted by atomic mass is 10.1. The number of fused-ring (bicyclic) bond motifs is 1. The van der Waals surface area contributed by atoms with Crippen molar-refractivity contribution in [2.24, 2.45) is 0 Å². The number of β-amino-alcohol motifs (C(OH)–C–C–N with tert-alkyl or cyclic N) is 1. The lowest BCUT2D eigenvalue weighted by Crippen LogP contribution is -2.38. The molecule has 116 valence electrons. The van der Waals surface area contributed by atoms with Crippen LogP contribution in [0.25, 0.3) is 0 Å². The van der Waals surface area contributed by atoms with E-state index < -0.39 is 17.7 Å². The second-order valence-electron chi connectivity index (χ2n) is 6.13. The Bertz CT molecular complexity index is 497. The van der Waals surface area contributed by atoms with Crippen molar-refractivity contribution in [1.29, 1.82) is 0 Å². The quantitative estimate of drug-likeness (QED) is 0.926. The van der Waals surface area contributed by atoms with Crippen LogP contribution < -0.4 is 0 Å². The molecule has 2 heterocycles. The van der Waals surface area contributed by atoms with Gasteiger partial charge in [-0.15, -0.1) is 0 Å². The van der Waals surface area contributed by atoms with E-state index in [2.05, 4.69) is 9.80 Å². The first-order valence-electron chi connectivity index (χ1n) is 7.73. The van der Waals surface area contributed by atoms with Gasteiger partial charge in [0, 0.05) is 24.7 Å². The number of aliphatic hydroxyl groups is 1. The minimum atomic E-state index is -0.978. The normalized spacial score (nSPS) is 25.6. The largest absolute Gasteiger partial charge is 0.387 e. The van der Waals surface area contributed by atoms with Crippen molar-refractivity contribution >= 4 is 0 Å². The van der Waals surface area contributed by atoms with Crippen molar-refractivity contribution in [3.05, 3.63) is 35.4 Å². The van der Waals surface area contributed by atoms with Gasteiger partial charge in [0.25, 0.3) is 0 Å². The average molecular weight is 296 g/mol. The summed E-state index contributed by atoms with van der Waals surface area (Å²) in [5, 5.41) is 10.2. The highest BCUT2D eigenvalue weighted by Gasteiger charge is 2.29. The third kappa shape index (κ3) is 3.42. The van der Waals surface area contributed by atoms with Gasteiger partial charge in [0.2, 0.25) is 0 Å². The van der Waals surface area contributed by atoms with E-state index in [-0.39, 0.29) is 5.56 Å². The first kappa shape index (κ1) is 14.9. The van der Waals surface area contributed by atoms with E-state index in [1.165, 1.54) is 19.4 Å². The van der Waals surface area contributed by atoms with E-state index in [0.717, 1.165) is 44.3 Å². The van der Waals surface area contributed by atoms with Crippen LogP contribution in [0.15, 0.2) is 18.2 Å². The van der Waals surface area contributed by atoms with Crippen LogP contribution in [0.4, 0.5) is 8.78 Å². The fourth-order valence-corrected chi connectivity index (χ4v) is 3.56. The van der Waals surface area contributed by atoms with E-state index in [0.29, 0.717) is 12.6 Å². The smallest absolute Gasteiger partial charge is 0.129 e. The van der Waals surface area contributed by atoms with Crippen LogP contribution in [0, 0.1) is 11.6 Å². The summed E-state index contributed by atoms with van der Waals surface area (Å²) in [6.45, 7) is 4.45. The van der Waals surface area contributed by atoms with Crippen molar-refractivity contribution in [2.75, 3.05) is 32.7 Å². The van der Waals surface area contributed by atoms with Crippen LogP contribution in [0.1, 0.15) is 30.9 Å². The van der Waals surface area contributed by atoms with E-state index in [1.54, 1.807) is 0 Å². The van der Waals surface area contributed by atoms with Gasteiger partial charge in [-0.1, -0.05) is 0 Å². The maximum absolute atomic E-state index is 13.7. The molecule has 3 nitrogen and oxygen atoms in total. The molecule has 1 aromatic rings. The zero-order valence-electron chi connectivity index (χ0n) is 12.1. The highest BCUT2D eigenvalue weighted by molar-refractivity contribution is 5.21. The second-order valence-corrected chi connectivity index (χ2v) is 6.13. The molecule has 5 heteroatoms. The molecule has 3 rings (SSSR count). The van der Waals surface area contributed by atoms with E-state index in [1.807, 2.05) is 0 Å². The number of rotatable bonds is 3. The summed E-state index contributed by atoms with van der Waals surface area (Å²) in [6.07, 6.45) is 2.52. The second kappa shape index (κ2) is 6.38. The number of hydrogen-bond acceptors (Lipinski definition) is 3. The fraction of sp³-hybridized carbons (Fsp3) is 0.625. The van der Waals surface area contributed by atoms with Crippen molar-refractivity contribution < 1.29 is 13.9 Å². The van der Waals surface area contributed by atoms with Gasteiger partial charge >= 0.3 is 0 Å². The Morgan fingerprint density at radius 2 is 2.00 bits per heavy atom. The molecule has 2 atom stereocenters. The molecule has 0 aromatic heterocycles. The topological polar surface area (TPSA) is 26.7 Å². The summed E-state index contributed by atoms with van der Waals surface area (Å²) in [4.78, 5) is 4.69. The molecule has 2 aliphatic heterocycles. The number of nitrogens with zero attached hydrogens (tertiary/aromatic N) is 2. The molecule has 0 amide bonds. The van der Waals surface area contributed by atoms with Crippen molar-refractivity contribution in [3.8, 4) is 0 Å². The molecule has 2 saturated heterocycles. The molecule has 0 bridgehead atoms. The molecule has 1 N–H and O–H groups in total. The van der Waals surface area contributed by atoms with E-state index in [9.17, 15) is 13.9 Å². The first-order valence-corrected chi connectivity index (χ1v) is 7.73. The van der Waals surface area contributed by atoms with Gasteiger partial charge in [-0.2, -0.15) is 0 Å². The van der Waals surface area contributed by atoms with Gasteiger partial charge in [0.15, 0.2) is 0 Å². The minimum absolute atomic E-state index is 0.0579. The standard InChI is InChI=1S/C16H22F2N2O/c17-12-4-5-15(18)14(9-12)16(21)11-19-6-2-8-20-7-1-3-13(20)10-19/h4-5,9,13,16,21H,1-3,6-8,10-11H2/t13-,16-/m0/s1. The number of aliphatic hydroxyl groups excluding tert-OH is 1. The summed E-state index contributed by atoms with van der Waals surface area (Å²) >= 11 is 0. The Labute approximate surface area is 124 Å². The number of hydrogen-bond donors (Lipinski definition) is 1. The van der Waals surface area contributed by atoms with Gasteiger partial charge in [-0.05, 0) is 57.1 Å². The molecule has 0 unspecified atom stereocenters. The third-order valence-corrected chi connectivity index (χ3v) is 4.64. The monoisotopic (exact) mass is 296 g/mol. The predicted molar refractivity (Wildman–Crippen MR) is 77.0 cm³/mol. The molecular weight excluding hydrogens is 274 g/mol. The van der Waals surface area contributed by atoms with Crippen LogP contribution in [0.5, 0.6) is 0 Å². The molecule has 1 aromatic carbocycles. The van der Waals surface area contributed by atoms with Gasteiger partial charge in [-0.25, -0.2) is 8.78 Å². The summed E-state index contributed by atoms with van der Waals surface area (Å²) in [5.74, 6) is -1.05. The van der Waals surface area contributed by atoms with Gasteiger partial charge in [0.05, 0.1) is 6.10 Å². The first-order chi connectivity index (χ1) is 10.1. The van der Waals surface area contributed by atoms with Gasteiger partial charge < -0.3 is 5.11 Å². The molecule has 2 aliphatic rings. The summed E-state index contributed by atoms with van der Waals surface area (Å²) < 4.78 is 26.9. The lowest BCUT2D eigenvalue weighted by molar-refractivity contribution is 0.105. The molecule has 21 heavy (non-hydrogen) atoms. The van der Waals surface area contributed by atoms with Crippen LogP contribution in [-0.2, 0) is 0 Å². The van der Waals surface area contributed by atoms with Crippen LogP contribution >= 0.6 is 0 Å². The van der Waals surface area contributed by atoms with Gasteiger partial charge in [-0.3, -0.25) is 9.80 Å². The molecule has 0 saturated carbocycles. The number of benzene rings is 1. The Morgan fingerprint density at radius 1 is 1.19 bits per heavy atom. The molecule has 2 fully saturated rings. The molecular formula is C16H22F2N2O. The van der Waals surface area contributed by atoms with Crippen LogP contribution in [-0.4, -0.2) is 53.7 Å². The summed E-state index contributed by atoms with van der Waals surface area (Å²) in [5.41, 5.74) is 0.0579. The van der Waals surface area contributed by atoms with Crippen LogP contribution in [0.2, 0.25) is 0 Å². The van der Waals surface area contributed by atoms with E-state index in [4.69, 9.17) is 0 Å². The number of halogens is 2. The molecule has 0 spiro atoms. The van der Waals surface area contributed by atoms with Crippen LogP contribution in [0.3, 0.4) is 0 Å². The predicted octanol–water partition coefficient (Wildman–Crippen LogP) is 2.17. The zero-order valence-corrected chi connectivity index (χ0v) is 12.1. The average Bonchev–Trinajstić information content (AvgIpc) is 2.80. The highest BCUT2D eigenvalue weighted by atomic mass is 19.1. The molecule has 0 radical (unpaired) electrons.